The van der Waals surface area contributed by atoms with Crippen LogP contribution in [-0.2, 0) is 25.9 Å². The van der Waals surface area contributed by atoms with E-state index < -0.39 is 27.6 Å². The van der Waals surface area contributed by atoms with E-state index in [1.165, 1.54) is 0 Å². The summed E-state index contributed by atoms with van der Waals surface area (Å²) in [5.41, 5.74) is 0. The van der Waals surface area contributed by atoms with Gasteiger partial charge in [0.15, 0.2) is 0 Å². The Hall–Kier alpha value is -1.15. The van der Waals surface area contributed by atoms with Gasteiger partial charge in [-0.3, -0.25) is 0 Å². The summed E-state index contributed by atoms with van der Waals surface area (Å²) in [6.45, 7) is 9.83. The van der Waals surface area contributed by atoms with Crippen molar-refractivity contribution in [1.29, 1.82) is 0 Å². The van der Waals surface area contributed by atoms with E-state index in [-0.39, 0.29) is 0 Å². The zero-order chi connectivity index (χ0) is 21.0. The van der Waals surface area contributed by atoms with Crippen molar-refractivity contribution in [2.45, 2.75) is 27.7 Å². The summed E-state index contributed by atoms with van der Waals surface area (Å²) < 4.78 is 36.9. The molecule has 0 unspecified atom stereocenters. The van der Waals surface area contributed by atoms with Gasteiger partial charge in [0.25, 0.3) is 0 Å². The van der Waals surface area contributed by atoms with Gasteiger partial charge in [-0.2, -0.15) is 0 Å². The molecule has 0 fully saturated rings. The van der Waals surface area contributed by atoms with Gasteiger partial charge in [0.2, 0.25) is 0 Å². The van der Waals surface area contributed by atoms with Gasteiger partial charge in [-0.15, -0.1) is 0 Å². The largest absolute Gasteiger partial charge is 0.475 e. The standard InChI is InChI=1S/C20H32O6Si3/c1-5-21-27(22-6-2)25-29(19-15-11-9-12-16-19,20-17-13-10-14-18-20)26-28(23-7-3)24-8-4/h9-18,27-28H,5-8H2,1-4H3. The second-order valence-corrected chi connectivity index (χ2v) is 12.7. The zero-order valence-corrected chi connectivity index (χ0v) is 21.0. The third-order valence-electron chi connectivity index (χ3n) is 4.04. The van der Waals surface area contributed by atoms with E-state index in [0.29, 0.717) is 26.4 Å². The quantitative estimate of drug-likeness (QED) is 0.408. The Labute approximate surface area is 178 Å². The zero-order valence-electron chi connectivity index (χ0n) is 17.7. The molecule has 0 bridgehead atoms. The molecule has 0 aromatic heterocycles. The van der Waals surface area contributed by atoms with Crippen molar-refractivity contribution in [1.82, 2.24) is 0 Å². The van der Waals surface area contributed by atoms with Crippen LogP contribution in [0.1, 0.15) is 27.7 Å². The minimum absolute atomic E-state index is 0.517. The predicted octanol–water partition coefficient (Wildman–Crippen LogP) is 1.86. The normalized spacial score (nSPS) is 12.1. The molecule has 9 heteroatoms. The third-order valence-corrected chi connectivity index (χ3v) is 12.8. The van der Waals surface area contributed by atoms with Crippen molar-refractivity contribution >= 4 is 38.0 Å². The Morgan fingerprint density at radius 1 is 0.552 bits per heavy atom. The molecule has 0 N–H and O–H groups in total. The number of rotatable bonds is 14. The lowest BCUT2D eigenvalue weighted by Crippen LogP contribution is -2.68. The highest BCUT2D eigenvalue weighted by Gasteiger charge is 2.48. The van der Waals surface area contributed by atoms with E-state index in [4.69, 9.17) is 25.9 Å². The minimum Gasteiger partial charge on any atom is -0.389 e. The second-order valence-electron chi connectivity index (χ2n) is 5.98. The molecule has 0 aliphatic heterocycles. The molecule has 0 saturated heterocycles. The Kier molecular flexibility index (Phi) is 11.0. The van der Waals surface area contributed by atoms with Gasteiger partial charge in [0.1, 0.15) is 0 Å². The maximum Gasteiger partial charge on any atom is 0.475 e. The van der Waals surface area contributed by atoms with E-state index in [0.717, 1.165) is 10.4 Å². The van der Waals surface area contributed by atoms with E-state index in [1.807, 2.05) is 88.4 Å². The Balaban J connectivity index is 2.57. The summed E-state index contributed by atoms with van der Waals surface area (Å²) in [6.07, 6.45) is 0. The Morgan fingerprint density at radius 2 is 0.862 bits per heavy atom. The van der Waals surface area contributed by atoms with Crippen molar-refractivity contribution in [2.24, 2.45) is 0 Å². The van der Waals surface area contributed by atoms with Gasteiger partial charge in [-0.05, 0) is 38.1 Å². The molecule has 29 heavy (non-hydrogen) atoms. The van der Waals surface area contributed by atoms with Gasteiger partial charge < -0.3 is 25.9 Å². The Morgan fingerprint density at radius 3 is 1.14 bits per heavy atom. The first-order valence-electron chi connectivity index (χ1n) is 10.1. The monoisotopic (exact) mass is 452 g/mol. The average molecular weight is 453 g/mol. The molecular weight excluding hydrogens is 420 g/mol. The van der Waals surface area contributed by atoms with E-state index in [1.54, 1.807) is 0 Å². The molecule has 0 heterocycles. The van der Waals surface area contributed by atoms with Crippen LogP contribution in [0.3, 0.4) is 0 Å². The van der Waals surface area contributed by atoms with E-state index >= 15 is 0 Å². The van der Waals surface area contributed by atoms with Gasteiger partial charge >= 0.3 is 27.6 Å². The highest BCUT2D eigenvalue weighted by molar-refractivity contribution is 6.97. The molecular formula is C20H32O6Si3. The molecule has 6 nitrogen and oxygen atoms in total. The van der Waals surface area contributed by atoms with Crippen molar-refractivity contribution in [3.8, 4) is 0 Å². The van der Waals surface area contributed by atoms with Crippen molar-refractivity contribution in [3.05, 3.63) is 60.7 Å². The molecule has 160 valence electrons. The lowest BCUT2D eigenvalue weighted by molar-refractivity contribution is 0.121. The van der Waals surface area contributed by atoms with Crippen LogP contribution in [0.2, 0.25) is 0 Å². The van der Waals surface area contributed by atoms with Gasteiger partial charge in [0.05, 0.1) is 0 Å². The van der Waals surface area contributed by atoms with Crippen LogP contribution in [0.5, 0.6) is 0 Å². The van der Waals surface area contributed by atoms with Crippen LogP contribution >= 0.6 is 0 Å². The van der Waals surface area contributed by atoms with Gasteiger partial charge in [-0.25, -0.2) is 0 Å². The molecule has 0 aliphatic rings. The van der Waals surface area contributed by atoms with E-state index in [2.05, 4.69) is 0 Å². The molecule has 0 aliphatic carbocycles. The van der Waals surface area contributed by atoms with Crippen molar-refractivity contribution < 1.29 is 25.9 Å². The maximum atomic E-state index is 6.70. The highest BCUT2D eigenvalue weighted by Crippen LogP contribution is 2.15. The van der Waals surface area contributed by atoms with Crippen LogP contribution in [0.25, 0.3) is 0 Å². The Bertz CT molecular complexity index is 605. The fourth-order valence-corrected chi connectivity index (χ4v) is 11.9. The van der Waals surface area contributed by atoms with Crippen LogP contribution in [-0.4, -0.2) is 54.0 Å². The lowest BCUT2D eigenvalue weighted by Gasteiger charge is -2.36. The molecule has 0 atom stereocenters. The molecule has 0 saturated carbocycles. The van der Waals surface area contributed by atoms with Crippen LogP contribution in [0.15, 0.2) is 60.7 Å². The first kappa shape index (κ1) is 24.1. The third kappa shape index (κ3) is 6.95. The minimum atomic E-state index is -3.20. The fraction of sp³-hybridized carbons (Fsp3) is 0.400. The average Bonchev–Trinajstić information content (AvgIpc) is 2.75. The second kappa shape index (κ2) is 13.2. The molecule has 2 aromatic rings. The smallest absolute Gasteiger partial charge is 0.389 e. The molecule has 0 amide bonds. The van der Waals surface area contributed by atoms with Crippen molar-refractivity contribution in [2.75, 3.05) is 26.4 Å². The van der Waals surface area contributed by atoms with Crippen LogP contribution < -0.4 is 10.4 Å². The number of hydrogen-bond donors (Lipinski definition) is 0. The summed E-state index contributed by atoms with van der Waals surface area (Å²) in [5.74, 6) is 0. The molecule has 0 radical (unpaired) electrons. The number of hydrogen-bond acceptors (Lipinski definition) is 6. The predicted molar refractivity (Wildman–Crippen MR) is 121 cm³/mol. The summed E-state index contributed by atoms with van der Waals surface area (Å²) >= 11 is 0. The lowest BCUT2D eigenvalue weighted by atomic mass is 10.4. The SMILES string of the molecule is CCO[SiH](OCC)O[Si](O[SiH](OCC)OCC)(c1ccccc1)c1ccccc1. The topological polar surface area (TPSA) is 55.4 Å². The first-order chi connectivity index (χ1) is 14.2. The van der Waals surface area contributed by atoms with Crippen LogP contribution in [0.4, 0.5) is 0 Å². The number of benzene rings is 2. The molecule has 2 aromatic carbocycles. The first-order valence-corrected chi connectivity index (χ1v) is 14.8. The summed E-state index contributed by atoms with van der Waals surface area (Å²) in [4.78, 5) is 0. The molecule has 0 spiro atoms. The summed E-state index contributed by atoms with van der Waals surface area (Å²) in [6, 6.07) is 20.0. The fourth-order valence-electron chi connectivity index (χ4n) is 2.83. The highest BCUT2D eigenvalue weighted by atomic mass is 28.5. The van der Waals surface area contributed by atoms with E-state index in [9.17, 15) is 0 Å². The van der Waals surface area contributed by atoms with Crippen molar-refractivity contribution in [3.63, 3.8) is 0 Å². The summed E-state index contributed by atoms with van der Waals surface area (Å²) in [7, 11) is -8.10. The maximum absolute atomic E-state index is 6.70. The van der Waals surface area contributed by atoms with Gasteiger partial charge in [0, 0.05) is 26.4 Å². The van der Waals surface area contributed by atoms with Crippen LogP contribution in [0, 0.1) is 0 Å². The van der Waals surface area contributed by atoms with Gasteiger partial charge in [-0.1, -0.05) is 60.7 Å². The summed E-state index contributed by atoms with van der Waals surface area (Å²) in [5, 5.41) is 1.94. The molecule has 2 rings (SSSR count).